The fraction of sp³-hybridized carbons (Fsp3) is 0.0833. The molecule has 0 fully saturated rings. The van der Waals surface area contributed by atoms with Crippen LogP contribution in [0.25, 0.3) is 16.9 Å². The molecule has 0 aliphatic carbocycles. The molecule has 0 atom stereocenters. The van der Waals surface area contributed by atoms with E-state index in [1.165, 1.54) is 0 Å². The molecule has 5 rings (SSSR count). The van der Waals surface area contributed by atoms with Crippen molar-refractivity contribution in [2.24, 2.45) is 0 Å². The largest absolute Gasteiger partial charge is 0.454 e. The number of hydrogen-bond acceptors (Lipinski definition) is 4. The average molecular weight is 429 g/mol. The van der Waals surface area contributed by atoms with Crippen LogP contribution in [0, 0.1) is 0 Å². The van der Waals surface area contributed by atoms with Gasteiger partial charge in [0.05, 0.1) is 11.4 Å². The number of ether oxygens (including phenoxy) is 2. The Morgan fingerprint density at radius 1 is 0.935 bits per heavy atom. The number of anilines is 1. The van der Waals surface area contributed by atoms with Crippen LogP contribution in [0.4, 0.5) is 5.69 Å². The van der Waals surface area contributed by atoms with Crippen molar-refractivity contribution in [3.8, 4) is 28.4 Å². The molecular weight excluding hydrogens is 408 g/mol. The lowest BCUT2D eigenvalue weighted by Crippen LogP contribution is -2.27. The number of rotatable bonds is 5. The van der Waals surface area contributed by atoms with Crippen molar-refractivity contribution in [1.29, 1.82) is 0 Å². The van der Waals surface area contributed by atoms with Crippen molar-refractivity contribution in [3.63, 3.8) is 0 Å². The van der Waals surface area contributed by atoms with Crippen molar-refractivity contribution in [2.45, 2.75) is 6.54 Å². The predicted molar refractivity (Wildman–Crippen MR) is 125 cm³/mol. The Hall–Kier alpha value is -3.84. The van der Waals surface area contributed by atoms with Crippen LogP contribution in [0.15, 0.2) is 85.1 Å². The normalized spacial score (nSPS) is 11.9. The number of para-hydroxylation sites is 1. The molecule has 0 amide bonds. The molecule has 2 N–H and O–H groups in total. The van der Waals surface area contributed by atoms with Gasteiger partial charge in [0.25, 0.3) is 0 Å². The van der Waals surface area contributed by atoms with Gasteiger partial charge in [0.2, 0.25) is 6.79 Å². The van der Waals surface area contributed by atoms with E-state index in [-0.39, 0.29) is 6.79 Å². The number of nitrogens with zero attached hydrogens (tertiary/aromatic N) is 2. The Labute approximate surface area is 185 Å². The first-order chi connectivity index (χ1) is 15.3. The van der Waals surface area contributed by atoms with Gasteiger partial charge < -0.3 is 20.1 Å². The van der Waals surface area contributed by atoms with E-state index in [1.54, 1.807) is 0 Å². The minimum Gasteiger partial charge on any atom is -0.454 e. The Balaban J connectivity index is 1.34. The quantitative estimate of drug-likeness (QED) is 0.447. The van der Waals surface area contributed by atoms with E-state index in [4.69, 9.17) is 26.8 Å². The fourth-order valence-electron chi connectivity index (χ4n) is 3.42. The molecule has 0 bridgehead atoms. The Bertz CT molecular complexity index is 1210. The maximum atomic E-state index is 5.50. The molecule has 0 spiro atoms. The lowest BCUT2D eigenvalue weighted by Gasteiger charge is -2.11. The van der Waals surface area contributed by atoms with Gasteiger partial charge in [-0.3, -0.25) is 0 Å². The average Bonchev–Trinajstić information content (AvgIpc) is 3.46. The third-order valence-electron chi connectivity index (χ3n) is 4.93. The Morgan fingerprint density at radius 2 is 1.68 bits per heavy atom. The van der Waals surface area contributed by atoms with Gasteiger partial charge in [0, 0.05) is 35.6 Å². The summed E-state index contributed by atoms with van der Waals surface area (Å²) in [6.45, 7) is 0.780. The zero-order valence-electron chi connectivity index (χ0n) is 16.6. The van der Waals surface area contributed by atoms with Gasteiger partial charge >= 0.3 is 0 Å². The molecule has 0 unspecified atom stereocenters. The molecule has 0 saturated heterocycles. The summed E-state index contributed by atoms with van der Waals surface area (Å²) in [7, 11) is 0. The SMILES string of the molecule is S=C(NCc1cn(-c2ccccc2)nc1-c1ccccc1)Nc1ccc2c(c1)OCO2. The summed E-state index contributed by atoms with van der Waals surface area (Å²) in [5.41, 5.74) is 4.87. The molecule has 1 aliphatic heterocycles. The Morgan fingerprint density at radius 3 is 2.48 bits per heavy atom. The first kappa shape index (κ1) is 19.1. The number of benzene rings is 3. The standard InChI is InChI=1S/C24H20N4O2S/c31-24(26-19-11-12-21-22(13-19)30-16-29-21)25-14-18-15-28(20-9-5-2-6-10-20)27-23(18)17-7-3-1-4-8-17/h1-13,15H,14,16H2,(H2,25,26,31). The van der Waals surface area contributed by atoms with Crippen LogP contribution in [-0.4, -0.2) is 21.7 Å². The van der Waals surface area contributed by atoms with Gasteiger partial charge in [-0.1, -0.05) is 48.5 Å². The lowest BCUT2D eigenvalue weighted by molar-refractivity contribution is 0.174. The molecule has 7 heteroatoms. The van der Waals surface area contributed by atoms with Gasteiger partial charge in [-0.2, -0.15) is 5.10 Å². The predicted octanol–water partition coefficient (Wildman–Crippen LogP) is 4.75. The van der Waals surface area contributed by atoms with Crippen molar-refractivity contribution in [2.75, 3.05) is 12.1 Å². The first-order valence-electron chi connectivity index (χ1n) is 9.90. The molecular formula is C24H20N4O2S. The topological polar surface area (TPSA) is 60.3 Å². The molecule has 0 saturated carbocycles. The van der Waals surface area contributed by atoms with E-state index in [0.717, 1.165) is 33.9 Å². The smallest absolute Gasteiger partial charge is 0.231 e. The third-order valence-corrected chi connectivity index (χ3v) is 5.17. The van der Waals surface area contributed by atoms with Crippen LogP contribution < -0.4 is 20.1 Å². The van der Waals surface area contributed by atoms with E-state index in [9.17, 15) is 0 Å². The summed E-state index contributed by atoms with van der Waals surface area (Å²) in [6, 6.07) is 25.9. The summed E-state index contributed by atoms with van der Waals surface area (Å²) in [4.78, 5) is 0. The van der Waals surface area contributed by atoms with E-state index in [2.05, 4.69) is 22.8 Å². The molecule has 1 aliphatic rings. The van der Waals surface area contributed by atoms with Crippen molar-refractivity contribution in [1.82, 2.24) is 15.1 Å². The monoisotopic (exact) mass is 428 g/mol. The van der Waals surface area contributed by atoms with E-state index < -0.39 is 0 Å². The molecule has 4 aromatic rings. The van der Waals surface area contributed by atoms with E-state index in [0.29, 0.717) is 17.4 Å². The van der Waals surface area contributed by atoms with Crippen LogP contribution in [0.5, 0.6) is 11.5 Å². The molecule has 1 aromatic heterocycles. The zero-order chi connectivity index (χ0) is 21.0. The highest BCUT2D eigenvalue weighted by atomic mass is 32.1. The van der Waals surface area contributed by atoms with Gasteiger partial charge in [-0.05, 0) is 36.5 Å². The number of hydrogen-bond donors (Lipinski definition) is 2. The maximum Gasteiger partial charge on any atom is 0.231 e. The summed E-state index contributed by atoms with van der Waals surface area (Å²) in [5.74, 6) is 1.45. The summed E-state index contributed by atoms with van der Waals surface area (Å²) in [6.07, 6.45) is 2.04. The number of nitrogens with one attached hydrogen (secondary N) is 2. The van der Waals surface area contributed by atoms with Crippen molar-refractivity contribution >= 4 is 23.0 Å². The zero-order valence-corrected chi connectivity index (χ0v) is 17.4. The van der Waals surface area contributed by atoms with E-state index in [1.807, 2.05) is 77.6 Å². The van der Waals surface area contributed by atoms with Crippen LogP contribution in [0.1, 0.15) is 5.56 Å². The van der Waals surface area contributed by atoms with Gasteiger partial charge in [-0.25, -0.2) is 4.68 Å². The molecule has 0 radical (unpaired) electrons. The highest BCUT2D eigenvalue weighted by Gasteiger charge is 2.15. The lowest BCUT2D eigenvalue weighted by atomic mass is 10.1. The minimum atomic E-state index is 0.245. The third kappa shape index (κ3) is 4.22. The molecule has 3 aromatic carbocycles. The Kier molecular flexibility index (Phi) is 5.24. The molecule has 154 valence electrons. The van der Waals surface area contributed by atoms with Crippen molar-refractivity contribution in [3.05, 3.63) is 90.6 Å². The highest BCUT2D eigenvalue weighted by Crippen LogP contribution is 2.34. The van der Waals surface area contributed by atoms with Crippen LogP contribution in [-0.2, 0) is 6.54 Å². The first-order valence-corrected chi connectivity index (χ1v) is 10.3. The highest BCUT2D eigenvalue weighted by molar-refractivity contribution is 7.80. The number of fused-ring (bicyclic) bond motifs is 1. The number of aromatic nitrogens is 2. The van der Waals surface area contributed by atoms with Crippen LogP contribution in [0.2, 0.25) is 0 Å². The second-order valence-electron chi connectivity index (χ2n) is 7.02. The molecule has 6 nitrogen and oxygen atoms in total. The van der Waals surface area contributed by atoms with Crippen LogP contribution >= 0.6 is 12.2 Å². The van der Waals surface area contributed by atoms with Crippen molar-refractivity contribution < 1.29 is 9.47 Å². The summed E-state index contributed by atoms with van der Waals surface area (Å²) in [5, 5.41) is 11.8. The fourth-order valence-corrected chi connectivity index (χ4v) is 3.61. The van der Waals surface area contributed by atoms with Gasteiger partial charge in [-0.15, -0.1) is 0 Å². The van der Waals surface area contributed by atoms with E-state index >= 15 is 0 Å². The molecule has 31 heavy (non-hydrogen) atoms. The minimum absolute atomic E-state index is 0.245. The van der Waals surface area contributed by atoms with Crippen LogP contribution in [0.3, 0.4) is 0 Å². The summed E-state index contributed by atoms with van der Waals surface area (Å²) < 4.78 is 12.7. The van der Waals surface area contributed by atoms with Gasteiger partial charge in [0.15, 0.2) is 16.6 Å². The number of thiocarbonyl (C=S) groups is 1. The summed E-state index contributed by atoms with van der Waals surface area (Å²) >= 11 is 5.50. The molecule has 2 heterocycles. The second kappa shape index (κ2) is 8.49. The second-order valence-corrected chi connectivity index (χ2v) is 7.43. The van der Waals surface area contributed by atoms with Gasteiger partial charge in [0.1, 0.15) is 0 Å². The maximum absolute atomic E-state index is 5.50.